The van der Waals surface area contributed by atoms with Gasteiger partial charge in [-0.15, -0.1) is 0 Å². The molecule has 3 heterocycles. The first-order valence-electron chi connectivity index (χ1n) is 8.42. The molecule has 2 aromatic heterocycles. The van der Waals surface area contributed by atoms with Gasteiger partial charge in [-0.2, -0.15) is 4.98 Å². The normalized spacial score (nSPS) is 15.5. The lowest BCUT2D eigenvalue weighted by atomic mass is 10.1. The first kappa shape index (κ1) is 15.7. The van der Waals surface area contributed by atoms with E-state index in [4.69, 9.17) is 4.52 Å². The van der Waals surface area contributed by atoms with Crippen LogP contribution in [0.5, 0.6) is 0 Å². The fraction of sp³-hybridized carbons (Fsp3) is 0.333. The minimum absolute atomic E-state index is 0.645. The summed E-state index contributed by atoms with van der Waals surface area (Å²) in [5, 5.41) is 4.10. The molecule has 0 amide bonds. The Labute approximate surface area is 146 Å². The Balaban J connectivity index is 1.35. The number of nitrogens with zero attached hydrogens (tertiary/aromatic N) is 6. The monoisotopic (exact) mass is 336 g/mol. The predicted molar refractivity (Wildman–Crippen MR) is 94.0 cm³/mol. The van der Waals surface area contributed by atoms with Crippen molar-refractivity contribution in [3.05, 3.63) is 54.2 Å². The van der Waals surface area contributed by atoms with Crippen molar-refractivity contribution < 1.29 is 4.52 Å². The van der Waals surface area contributed by atoms with Crippen LogP contribution in [-0.4, -0.2) is 51.2 Å². The Bertz CT molecular complexity index is 809. The second-order valence-electron chi connectivity index (χ2n) is 6.19. The first-order chi connectivity index (χ1) is 12.3. The second-order valence-corrected chi connectivity index (χ2v) is 6.19. The Morgan fingerprint density at radius 3 is 2.44 bits per heavy atom. The van der Waals surface area contributed by atoms with Crippen LogP contribution in [0, 0.1) is 6.92 Å². The molecule has 3 aromatic rings. The Morgan fingerprint density at radius 2 is 1.72 bits per heavy atom. The van der Waals surface area contributed by atoms with Gasteiger partial charge in [-0.3, -0.25) is 4.90 Å². The summed E-state index contributed by atoms with van der Waals surface area (Å²) in [5.74, 6) is 2.09. The summed E-state index contributed by atoms with van der Waals surface area (Å²) in [7, 11) is 0. The molecule has 1 aliphatic rings. The average Bonchev–Trinajstić information content (AvgIpc) is 3.12. The molecule has 1 saturated heterocycles. The quantitative estimate of drug-likeness (QED) is 0.723. The summed E-state index contributed by atoms with van der Waals surface area (Å²) >= 11 is 0. The lowest BCUT2D eigenvalue weighted by Crippen LogP contribution is -2.46. The van der Waals surface area contributed by atoms with Gasteiger partial charge in [0.2, 0.25) is 17.7 Å². The number of hydrogen-bond acceptors (Lipinski definition) is 7. The lowest BCUT2D eigenvalue weighted by Gasteiger charge is -2.33. The van der Waals surface area contributed by atoms with Crippen LogP contribution < -0.4 is 4.90 Å². The van der Waals surface area contributed by atoms with E-state index in [1.807, 2.05) is 18.2 Å². The van der Waals surface area contributed by atoms with E-state index in [1.54, 1.807) is 12.4 Å². The van der Waals surface area contributed by atoms with Crippen molar-refractivity contribution in [3.8, 4) is 11.4 Å². The molecule has 4 rings (SSSR count). The molecule has 7 nitrogen and oxygen atoms in total. The van der Waals surface area contributed by atoms with Gasteiger partial charge in [0.05, 0.1) is 6.54 Å². The van der Waals surface area contributed by atoms with Crippen molar-refractivity contribution in [1.82, 2.24) is 25.0 Å². The summed E-state index contributed by atoms with van der Waals surface area (Å²) < 4.78 is 5.42. The highest BCUT2D eigenvalue weighted by Gasteiger charge is 2.20. The fourth-order valence-corrected chi connectivity index (χ4v) is 2.89. The van der Waals surface area contributed by atoms with Crippen LogP contribution in [-0.2, 0) is 6.54 Å². The largest absolute Gasteiger partial charge is 0.338 e. The molecule has 0 atom stereocenters. The molecule has 7 heteroatoms. The minimum atomic E-state index is 0.645. The molecule has 0 aliphatic carbocycles. The molecule has 0 spiro atoms. The van der Waals surface area contributed by atoms with Gasteiger partial charge in [0, 0.05) is 44.1 Å². The van der Waals surface area contributed by atoms with Crippen LogP contribution >= 0.6 is 0 Å². The summed E-state index contributed by atoms with van der Waals surface area (Å²) in [4.78, 5) is 17.7. The first-order valence-corrected chi connectivity index (χ1v) is 8.42. The van der Waals surface area contributed by atoms with Crippen LogP contribution in [0.2, 0.25) is 0 Å². The van der Waals surface area contributed by atoms with Gasteiger partial charge < -0.3 is 9.42 Å². The van der Waals surface area contributed by atoms with E-state index in [2.05, 4.69) is 49.0 Å². The van der Waals surface area contributed by atoms with Crippen molar-refractivity contribution >= 4 is 5.95 Å². The zero-order valence-corrected chi connectivity index (χ0v) is 14.2. The molecule has 128 valence electrons. The van der Waals surface area contributed by atoms with Crippen molar-refractivity contribution in [3.63, 3.8) is 0 Å². The number of aromatic nitrogens is 4. The highest BCUT2D eigenvalue weighted by Crippen LogP contribution is 2.17. The maximum absolute atomic E-state index is 5.42. The standard InChI is InChI=1S/C18H20N6O/c1-14-3-5-15(6-4-14)17-21-16(25-22-17)13-23-9-11-24(12-10-23)18-19-7-2-8-20-18/h2-8H,9-13H2,1H3. The molecule has 1 aliphatic heterocycles. The molecule has 0 saturated carbocycles. The molecule has 1 aromatic carbocycles. The summed E-state index contributed by atoms with van der Waals surface area (Å²) in [5.41, 5.74) is 2.19. The van der Waals surface area contributed by atoms with E-state index in [0.717, 1.165) is 37.7 Å². The van der Waals surface area contributed by atoms with Gasteiger partial charge in [-0.1, -0.05) is 35.0 Å². The van der Waals surface area contributed by atoms with Crippen molar-refractivity contribution in [2.24, 2.45) is 0 Å². The number of anilines is 1. The second kappa shape index (κ2) is 6.98. The van der Waals surface area contributed by atoms with Crippen molar-refractivity contribution in [1.29, 1.82) is 0 Å². The maximum atomic E-state index is 5.42. The zero-order valence-electron chi connectivity index (χ0n) is 14.2. The summed E-state index contributed by atoms with van der Waals surface area (Å²) in [6.45, 7) is 6.35. The smallest absolute Gasteiger partial charge is 0.241 e. The highest BCUT2D eigenvalue weighted by molar-refractivity contribution is 5.54. The maximum Gasteiger partial charge on any atom is 0.241 e. The van der Waals surface area contributed by atoms with Gasteiger partial charge in [0.15, 0.2) is 0 Å². The number of hydrogen-bond donors (Lipinski definition) is 0. The number of benzene rings is 1. The van der Waals surface area contributed by atoms with Crippen LogP contribution in [0.1, 0.15) is 11.5 Å². The van der Waals surface area contributed by atoms with E-state index >= 15 is 0 Å². The Kier molecular flexibility index (Phi) is 4.39. The number of piperazine rings is 1. The Hall–Kier alpha value is -2.80. The molecule has 1 fully saturated rings. The molecular weight excluding hydrogens is 316 g/mol. The van der Waals surface area contributed by atoms with E-state index in [-0.39, 0.29) is 0 Å². The van der Waals surface area contributed by atoms with Gasteiger partial charge >= 0.3 is 0 Å². The van der Waals surface area contributed by atoms with Crippen molar-refractivity contribution in [2.45, 2.75) is 13.5 Å². The van der Waals surface area contributed by atoms with E-state index < -0.39 is 0 Å². The third-order valence-electron chi connectivity index (χ3n) is 4.34. The highest BCUT2D eigenvalue weighted by atomic mass is 16.5. The molecule has 0 unspecified atom stereocenters. The third-order valence-corrected chi connectivity index (χ3v) is 4.34. The van der Waals surface area contributed by atoms with Crippen LogP contribution in [0.4, 0.5) is 5.95 Å². The van der Waals surface area contributed by atoms with Gasteiger partial charge in [0.1, 0.15) is 0 Å². The summed E-state index contributed by atoms with van der Waals surface area (Å²) in [6, 6.07) is 9.97. The zero-order chi connectivity index (χ0) is 17.1. The predicted octanol–water partition coefficient (Wildman–Crippen LogP) is 2.16. The van der Waals surface area contributed by atoms with Crippen molar-refractivity contribution in [2.75, 3.05) is 31.1 Å². The van der Waals surface area contributed by atoms with E-state index in [1.165, 1.54) is 5.56 Å². The molecule has 0 radical (unpaired) electrons. The molecule has 25 heavy (non-hydrogen) atoms. The Morgan fingerprint density at radius 1 is 1.00 bits per heavy atom. The minimum Gasteiger partial charge on any atom is -0.338 e. The third kappa shape index (κ3) is 3.66. The molecule has 0 N–H and O–H groups in total. The topological polar surface area (TPSA) is 71.2 Å². The van der Waals surface area contributed by atoms with Crippen LogP contribution in [0.15, 0.2) is 47.2 Å². The molecule has 0 bridgehead atoms. The summed E-state index contributed by atoms with van der Waals surface area (Å²) in [6.07, 6.45) is 3.56. The van der Waals surface area contributed by atoms with E-state index in [9.17, 15) is 0 Å². The average molecular weight is 336 g/mol. The SMILES string of the molecule is Cc1ccc(-c2noc(CN3CCN(c4ncccn4)CC3)n2)cc1. The molecular formula is C18H20N6O. The number of aryl methyl sites for hydroxylation is 1. The lowest BCUT2D eigenvalue weighted by molar-refractivity contribution is 0.214. The van der Waals surface area contributed by atoms with Gasteiger partial charge in [-0.05, 0) is 13.0 Å². The van der Waals surface area contributed by atoms with Gasteiger partial charge in [-0.25, -0.2) is 9.97 Å². The fourth-order valence-electron chi connectivity index (χ4n) is 2.89. The van der Waals surface area contributed by atoms with Crippen LogP contribution in [0.3, 0.4) is 0 Å². The number of rotatable bonds is 4. The van der Waals surface area contributed by atoms with Crippen LogP contribution in [0.25, 0.3) is 11.4 Å². The van der Waals surface area contributed by atoms with E-state index in [0.29, 0.717) is 18.3 Å². The van der Waals surface area contributed by atoms with Gasteiger partial charge in [0.25, 0.3) is 0 Å².